The van der Waals surface area contributed by atoms with Gasteiger partial charge in [-0.2, -0.15) is 5.26 Å². The van der Waals surface area contributed by atoms with Crippen LogP contribution in [0.2, 0.25) is 0 Å². The Morgan fingerprint density at radius 3 is 2.38 bits per heavy atom. The number of aliphatic hydroxyl groups excluding tert-OH is 1. The number of rotatable bonds is 3. The van der Waals surface area contributed by atoms with Gasteiger partial charge in [-0.3, -0.25) is 14.9 Å². The average molecular weight is 388 g/mol. The van der Waals surface area contributed by atoms with Crippen LogP contribution in [-0.4, -0.2) is 15.8 Å². The number of Topliss-reactive ketones (excluding diaryl/α,β-unsaturated/α-hetero) is 1. The molecule has 1 N–H and O–H groups in total. The molecule has 0 saturated heterocycles. The molecule has 4 rings (SSSR count). The van der Waals surface area contributed by atoms with Crippen LogP contribution in [0.4, 0.5) is 5.69 Å². The van der Waals surface area contributed by atoms with Crippen molar-refractivity contribution in [3.8, 4) is 6.07 Å². The van der Waals surface area contributed by atoms with Gasteiger partial charge in [0.2, 0.25) is 0 Å². The summed E-state index contributed by atoms with van der Waals surface area (Å²) in [6.45, 7) is 0. The highest BCUT2D eigenvalue weighted by atomic mass is 16.6. The van der Waals surface area contributed by atoms with E-state index in [1.807, 2.05) is 36.4 Å². The zero-order valence-corrected chi connectivity index (χ0v) is 15.2. The Kier molecular flexibility index (Phi) is 4.61. The van der Waals surface area contributed by atoms with Gasteiger partial charge in [0.25, 0.3) is 11.6 Å². The van der Waals surface area contributed by atoms with Crippen LogP contribution < -0.4 is 0 Å². The highest BCUT2D eigenvalue weighted by molar-refractivity contribution is 6.00. The van der Waals surface area contributed by atoms with Crippen LogP contribution in [0, 0.1) is 21.4 Å². The van der Waals surface area contributed by atoms with Crippen LogP contribution >= 0.6 is 0 Å². The molecule has 144 valence electrons. The van der Waals surface area contributed by atoms with E-state index < -0.39 is 16.8 Å². The SMILES string of the molecule is N#CC1=C(O)OC2=C(C(=O)CC(c3ccccc3)C2)C1c1ccc([N+](=O)[O-])cc1. The van der Waals surface area contributed by atoms with Crippen molar-refractivity contribution in [2.45, 2.75) is 24.7 Å². The van der Waals surface area contributed by atoms with Crippen LogP contribution in [0.3, 0.4) is 0 Å². The predicted molar refractivity (Wildman–Crippen MR) is 103 cm³/mol. The second-order valence-corrected chi connectivity index (χ2v) is 6.99. The van der Waals surface area contributed by atoms with Crippen molar-refractivity contribution in [3.05, 3.63) is 98.7 Å². The molecule has 1 aliphatic heterocycles. The van der Waals surface area contributed by atoms with Crippen molar-refractivity contribution in [2.24, 2.45) is 0 Å². The molecule has 1 heterocycles. The Balaban J connectivity index is 1.77. The molecule has 0 radical (unpaired) electrons. The number of ether oxygens (including phenoxy) is 1. The number of aliphatic hydroxyl groups is 1. The molecule has 7 heteroatoms. The number of hydrogen-bond acceptors (Lipinski definition) is 6. The van der Waals surface area contributed by atoms with E-state index >= 15 is 0 Å². The first-order valence-electron chi connectivity index (χ1n) is 9.06. The maximum Gasteiger partial charge on any atom is 0.297 e. The normalized spacial score (nSPS) is 21.3. The standard InChI is InChI=1S/C22H16N2O5/c23-12-17-20(14-6-8-16(9-7-14)24(27)28)21-18(25)10-15(11-19(21)29-22(17)26)13-4-2-1-3-5-13/h1-9,15,20,26H,10-11H2. The molecule has 29 heavy (non-hydrogen) atoms. The molecule has 0 aromatic heterocycles. The van der Waals surface area contributed by atoms with Gasteiger partial charge in [0.05, 0.1) is 10.8 Å². The Morgan fingerprint density at radius 1 is 1.07 bits per heavy atom. The number of ketones is 1. The van der Waals surface area contributed by atoms with Crippen molar-refractivity contribution in [1.29, 1.82) is 5.26 Å². The minimum Gasteiger partial charge on any atom is -0.480 e. The molecule has 2 aromatic rings. The maximum atomic E-state index is 13.1. The minimum atomic E-state index is -0.811. The molecular formula is C22H16N2O5. The van der Waals surface area contributed by atoms with Crippen molar-refractivity contribution >= 4 is 11.5 Å². The van der Waals surface area contributed by atoms with Gasteiger partial charge in [-0.1, -0.05) is 42.5 Å². The summed E-state index contributed by atoms with van der Waals surface area (Å²) in [5.41, 5.74) is 1.67. The number of carbonyl (C=O) groups is 1. The third-order valence-electron chi connectivity index (χ3n) is 5.32. The molecule has 0 saturated carbocycles. The van der Waals surface area contributed by atoms with E-state index in [4.69, 9.17) is 4.74 Å². The first-order chi connectivity index (χ1) is 14.0. The number of benzene rings is 2. The van der Waals surface area contributed by atoms with Gasteiger partial charge >= 0.3 is 0 Å². The van der Waals surface area contributed by atoms with Gasteiger partial charge in [-0.05, 0) is 17.0 Å². The molecule has 0 spiro atoms. The molecule has 0 amide bonds. The van der Waals surface area contributed by atoms with Gasteiger partial charge in [0.1, 0.15) is 17.4 Å². The summed E-state index contributed by atoms with van der Waals surface area (Å²) in [5.74, 6) is -1.25. The van der Waals surface area contributed by atoms with E-state index in [0.29, 0.717) is 23.3 Å². The molecule has 1 aliphatic carbocycles. The summed E-state index contributed by atoms with van der Waals surface area (Å²) in [4.78, 5) is 23.5. The average Bonchev–Trinajstić information content (AvgIpc) is 2.73. The summed E-state index contributed by atoms with van der Waals surface area (Å²) in [7, 11) is 0. The van der Waals surface area contributed by atoms with E-state index in [1.165, 1.54) is 24.3 Å². The van der Waals surface area contributed by atoms with Crippen LogP contribution in [0.15, 0.2) is 77.4 Å². The number of nitriles is 1. The molecule has 7 nitrogen and oxygen atoms in total. The number of non-ortho nitro benzene ring substituents is 1. The zero-order chi connectivity index (χ0) is 20.5. The summed E-state index contributed by atoms with van der Waals surface area (Å²) in [6.07, 6.45) is 0.673. The predicted octanol–water partition coefficient (Wildman–Crippen LogP) is 4.40. The highest BCUT2D eigenvalue weighted by Gasteiger charge is 2.41. The van der Waals surface area contributed by atoms with Gasteiger partial charge < -0.3 is 9.84 Å². The third-order valence-corrected chi connectivity index (χ3v) is 5.32. The Hall–Kier alpha value is -3.92. The van der Waals surface area contributed by atoms with Crippen LogP contribution in [0.25, 0.3) is 0 Å². The Bertz CT molecular complexity index is 1090. The summed E-state index contributed by atoms with van der Waals surface area (Å²) in [5, 5.41) is 30.8. The lowest BCUT2D eigenvalue weighted by Crippen LogP contribution is -2.28. The lowest BCUT2D eigenvalue weighted by Gasteiger charge is -2.33. The monoisotopic (exact) mass is 388 g/mol. The number of nitro benzene ring substituents is 1. The summed E-state index contributed by atoms with van der Waals surface area (Å²) in [6, 6.07) is 17.1. The molecule has 2 aliphatic rings. The number of carbonyl (C=O) groups excluding carboxylic acids is 1. The summed E-state index contributed by atoms with van der Waals surface area (Å²) >= 11 is 0. The van der Waals surface area contributed by atoms with E-state index in [2.05, 4.69) is 0 Å². The minimum absolute atomic E-state index is 0.0795. The third kappa shape index (κ3) is 3.25. The second-order valence-electron chi connectivity index (χ2n) is 6.99. The largest absolute Gasteiger partial charge is 0.480 e. The number of hydrogen-bond donors (Lipinski definition) is 1. The second kappa shape index (κ2) is 7.24. The highest BCUT2D eigenvalue weighted by Crippen LogP contribution is 2.47. The zero-order valence-electron chi connectivity index (χ0n) is 15.2. The van der Waals surface area contributed by atoms with Crippen molar-refractivity contribution in [3.63, 3.8) is 0 Å². The van der Waals surface area contributed by atoms with Gasteiger partial charge in [0, 0.05) is 30.5 Å². The summed E-state index contributed by atoms with van der Waals surface area (Å²) < 4.78 is 5.49. The fourth-order valence-corrected chi connectivity index (χ4v) is 3.95. The van der Waals surface area contributed by atoms with E-state index in [-0.39, 0.29) is 29.4 Å². The van der Waals surface area contributed by atoms with Crippen molar-refractivity contribution < 1.29 is 19.6 Å². The Morgan fingerprint density at radius 2 is 1.76 bits per heavy atom. The lowest BCUT2D eigenvalue weighted by molar-refractivity contribution is -0.384. The topological polar surface area (TPSA) is 113 Å². The Labute approximate surface area is 166 Å². The lowest BCUT2D eigenvalue weighted by atomic mass is 9.74. The quantitative estimate of drug-likeness (QED) is 0.616. The number of nitro groups is 1. The molecule has 2 atom stereocenters. The first-order valence-corrected chi connectivity index (χ1v) is 9.06. The number of allylic oxidation sites excluding steroid dienone is 3. The van der Waals surface area contributed by atoms with Crippen LogP contribution in [0.1, 0.15) is 35.8 Å². The fourth-order valence-electron chi connectivity index (χ4n) is 3.95. The van der Waals surface area contributed by atoms with Gasteiger partial charge in [0.15, 0.2) is 5.78 Å². The molecular weight excluding hydrogens is 372 g/mol. The van der Waals surface area contributed by atoms with Gasteiger partial charge in [-0.25, -0.2) is 0 Å². The first kappa shape index (κ1) is 18.4. The number of nitrogens with zero attached hydrogens (tertiary/aromatic N) is 2. The van der Waals surface area contributed by atoms with Crippen LogP contribution in [0.5, 0.6) is 0 Å². The van der Waals surface area contributed by atoms with E-state index in [1.54, 1.807) is 0 Å². The molecule has 0 fully saturated rings. The van der Waals surface area contributed by atoms with Crippen molar-refractivity contribution in [2.75, 3.05) is 0 Å². The molecule has 2 unspecified atom stereocenters. The fraction of sp³-hybridized carbons (Fsp3) is 0.182. The smallest absolute Gasteiger partial charge is 0.297 e. The van der Waals surface area contributed by atoms with E-state index in [9.17, 15) is 25.3 Å². The van der Waals surface area contributed by atoms with E-state index in [0.717, 1.165) is 5.56 Å². The molecule has 0 bridgehead atoms. The van der Waals surface area contributed by atoms with Crippen LogP contribution in [-0.2, 0) is 9.53 Å². The maximum absolute atomic E-state index is 13.1. The van der Waals surface area contributed by atoms with Crippen molar-refractivity contribution in [1.82, 2.24) is 0 Å². The van der Waals surface area contributed by atoms with Gasteiger partial charge in [-0.15, -0.1) is 0 Å². The molecule has 2 aromatic carbocycles.